The SMILES string of the molecule is COc1cccc2c1OC[C@H](Cc1cc(C(N)=O)ccn1)C2. The zero-order chi connectivity index (χ0) is 15.5. The van der Waals surface area contributed by atoms with E-state index >= 15 is 0 Å². The molecule has 0 saturated carbocycles. The second kappa shape index (κ2) is 6.05. The Bertz CT molecular complexity index is 700. The van der Waals surface area contributed by atoms with Crippen LogP contribution in [0.5, 0.6) is 11.5 Å². The molecule has 1 amide bonds. The van der Waals surface area contributed by atoms with Gasteiger partial charge in [-0.05, 0) is 36.6 Å². The summed E-state index contributed by atoms with van der Waals surface area (Å²) in [4.78, 5) is 15.6. The first-order chi connectivity index (χ1) is 10.7. The number of nitrogens with zero attached hydrogens (tertiary/aromatic N) is 1. The number of primary amides is 1. The highest BCUT2D eigenvalue weighted by Gasteiger charge is 2.23. The first-order valence-electron chi connectivity index (χ1n) is 7.21. The summed E-state index contributed by atoms with van der Waals surface area (Å²) >= 11 is 0. The first kappa shape index (κ1) is 14.4. The zero-order valence-corrected chi connectivity index (χ0v) is 12.4. The molecule has 3 rings (SSSR count). The highest BCUT2D eigenvalue weighted by Crippen LogP contribution is 2.36. The third-order valence-electron chi connectivity index (χ3n) is 3.85. The second-order valence-corrected chi connectivity index (χ2v) is 5.43. The normalized spacial score (nSPS) is 16.5. The van der Waals surface area contributed by atoms with E-state index in [0.717, 1.165) is 35.6 Å². The number of fused-ring (bicyclic) bond motifs is 1. The summed E-state index contributed by atoms with van der Waals surface area (Å²) in [6.07, 6.45) is 3.27. The van der Waals surface area contributed by atoms with Gasteiger partial charge in [0.25, 0.3) is 0 Å². The van der Waals surface area contributed by atoms with Crippen LogP contribution in [0.4, 0.5) is 0 Å². The Balaban J connectivity index is 1.75. The number of nitrogens with two attached hydrogens (primary N) is 1. The van der Waals surface area contributed by atoms with Crippen LogP contribution in [0, 0.1) is 5.92 Å². The summed E-state index contributed by atoms with van der Waals surface area (Å²) in [5, 5.41) is 0. The largest absolute Gasteiger partial charge is 0.493 e. The maximum absolute atomic E-state index is 11.2. The van der Waals surface area contributed by atoms with Gasteiger partial charge in [-0.15, -0.1) is 0 Å². The fourth-order valence-electron chi connectivity index (χ4n) is 2.79. The number of hydrogen-bond donors (Lipinski definition) is 1. The molecule has 0 saturated heterocycles. The van der Waals surface area contributed by atoms with Gasteiger partial charge in [0.15, 0.2) is 11.5 Å². The Kier molecular flexibility index (Phi) is 3.96. The summed E-state index contributed by atoms with van der Waals surface area (Å²) in [7, 11) is 1.64. The lowest BCUT2D eigenvalue weighted by molar-refractivity contribution is 0.1000. The molecule has 0 unspecified atom stereocenters. The van der Waals surface area contributed by atoms with Gasteiger partial charge in [0.1, 0.15) is 0 Å². The molecule has 1 aromatic carbocycles. The number of rotatable bonds is 4. The van der Waals surface area contributed by atoms with Crippen LogP contribution in [0.15, 0.2) is 36.5 Å². The van der Waals surface area contributed by atoms with E-state index in [1.165, 1.54) is 0 Å². The lowest BCUT2D eigenvalue weighted by Gasteiger charge is -2.26. The molecule has 5 heteroatoms. The average molecular weight is 298 g/mol. The van der Waals surface area contributed by atoms with Crippen LogP contribution in [0.2, 0.25) is 0 Å². The Morgan fingerprint density at radius 2 is 2.32 bits per heavy atom. The predicted octanol–water partition coefficient (Wildman–Crippen LogP) is 1.98. The maximum atomic E-state index is 11.2. The van der Waals surface area contributed by atoms with Gasteiger partial charge in [-0.25, -0.2) is 0 Å². The maximum Gasteiger partial charge on any atom is 0.248 e. The van der Waals surface area contributed by atoms with Crippen LogP contribution >= 0.6 is 0 Å². The van der Waals surface area contributed by atoms with Crippen LogP contribution in [0.25, 0.3) is 0 Å². The van der Waals surface area contributed by atoms with Crippen molar-refractivity contribution in [3.05, 3.63) is 53.3 Å². The Morgan fingerprint density at radius 3 is 3.09 bits per heavy atom. The molecule has 1 aromatic heterocycles. The molecule has 2 N–H and O–H groups in total. The van der Waals surface area contributed by atoms with E-state index in [9.17, 15) is 4.79 Å². The minimum absolute atomic E-state index is 0.315. The number of amides is 1. The van der Waals surface area contributed by atoms with Crippen molar-refractivity contribution in [2.24, 2.45) is 11.7 Å². The Hall–Kier alpha value is -2.56. The minimum Gasteiger partial charge on any atom is -0.493 e. The smallest absolute Gasteiger partial charge is 0.248 e. The molecule has 1 aliphatic rings. The molecule has 2 heterocycles. The topological polar surface area (TPSA) is 74.4 Å². The molecule has 114 valence electrons. The fourth-order valence-corrected chi connectivity index (χ4v) is 2.79. The molecule has 0 aliphatic carbocycles. The van der Waals surface area contributed by atoms with E-state index in [1.54, 1.807) is 25.4 Å². The minimum atomic E-state index is -0.432. The van der Waals surface area contributed by atoms with Gasteiger partial charge in [-0.2, -0.15) is 0 Å². The van der Waals surface area contributed by atoms with Crippen molar-refractivity contribution in [3.8, 4) is 11.5 Å². The number of methoxy groups -OCH3 is 1. The molecule has 1 aliphatic heterocycles. The molecular weight excluding hydrogens is 280 g/mol. The highest BCUT2D eigenvalue weighted by molar-refractivity contribution is 5.92. The average Bonchev–Trinajstić information content (AvgIpc) is 2.54. The number of pyridine rings is 1. The van der Waals surface area contributed by atoms with Crippen LogP contribution in [-0.4, -0.2) is 24.6 Å². The molecule has 0 spiro atoms. The molecular formula is C17H18N2O3. The molecule has 22 heavy (non-hydrogen) atoms. The van der Waals surface area contributed by atoms with Crippen LogP contribution in [-0.2, 0) is 12.8 Å². The number of carbonyl (C=O) groups excluding carboxylic acids is 1. The van der Waals surface area contributed by atoms with E-state index in [0.29, 0.717) is 18.1 Å². The summed E-state index contributed by atoms with van der Waals surface area (Å²) in [6.45, 7) is 0.607. The van der Waals surface area contributed by atoms with Gasteiger partial charge in [-0.3, -0.25) is 9.78 Å². The van der Waals surface area contributed by atoms with Gasteiger partial charge < -0.3 is 15.2 Å². The second-order valence-electron chi connectivity index (χ2n) is 5.43. The summed E-state index contributed by atoms with van der Waals surface area (Å²) in [5.41, 5.74) is 7.79. The van der Waals surface area contributed by atoms with Gasteiger partial charge in [0, 0.05) is 23.4 Å². The van der Waals surface area contributed by atoms with Crippen molar-refractivity contribution in [1.82, 2.24) is 4.98 Å². The molecule has 0 bridgehead atoms. The van der Waals surface area contributed by atoms with E-state index in [2.05, 4.69) is 11.1 Å². The molecule has 2 aromatic rings. The number of para-hydroxylation sites is 1. The lowest BCUT2D eigenvalue weighted by atomic mass is 9.92. The van der Waals surface area contributed by atoms with Gasteiger partial charge >= 0.3 is 0 Å². The fraction of sp³-hybridized carbons (Fsp3) is 0.294. The molecule has 5 nitrogen and oxygen atoms in total. The van der Waals surface area contributed by atoms with Crippen LogP contribution < -0.4 is 15.2 Å². The van der Waals surface area contributed by atoms with Crippen molar-refractivity contribution < 1.29 is 14.3 Å². The quantitative estimate of drug-likeness (QED) is 0.936. The Labute approximate surface area is 129 Å². The summed E-state index contributed by atoms with van der Waals surface area (Å²) in [5.74, 6) is 1.48. The summed E-state index contributed by atoms with van der Waals surface area (Å²) in [6, 6.07) is 9.30. The van der Waals surface area contributed by atoms with E-state index in [1.807, 2.05) is 12.1 Å². The third-order valence-corrected chi connectivity index (χ3v) is 3.85. The van der Waals surface area contributed by atoms with Gasteiger partial charge in [-0.1, -0.05) is 12.1 Å². The number of carbonyl (C=O) groups is 1. The van der Waals surface area contributed by atoms with Crippen molar-refractivity contribution in [2.75, 3.05) is 13.7 Å². The zero-order valence-electron chi connectivity index (χ0n) is 12.4. The van der Waals surface area contributed by atoms with Crippen LogP contribution in [0.1, 0.15) is 21.6 Å². The number of benzene rings is 1. The standard InChI is InChI=1S/C17H18N2O3/c1-21-15-4-2-3-12-7-11(10-22-16(12)15)8-14-9-13(17(18)20)5-6-19-14/h2-6,9,11H,7-8,10H2,1H3,(H2,18,20)/t11-/m0/s1. The number of aromatic nitrogens is 1. The lowest BCUT2D eigenvalue weighted by Crippen LogP contribution is -2.23. The van der Waals surface area contributed by atoms with Crippen molar-refractivity contribution in [3.63, 3.8) is 0 Å². The van der Waals surface area contributed by atoms with Crippen LogP contribution in [0.3, 0.4) is 0 Å². The van der Waals surface area contributed by atoms with E-state index in [-0.39, 0.29) is 0 Å². The summed E-state index contributed by atoms with van der Waals surface area (Å²) < 4.78 is 11.2. The van der Waals surface area contributed by atoms with Crippen molar-refractivity contribution >= 4 is 5.91 Å². The van der Waals surface area contributed by atoms with Gasteiger partial charge in [0.05, 0.1) is 13.7 Å². The van der Waals surface area contributed by atoms with Crippen molar-refractivity contribution in [2.45, 2.75) is 12.8 Å². The molecule has 0 fully saturated rings. The predicted molar refractivity (Wildman–Crippen MR) is 82.1 cm³/mol. The Morgan fingerprint density at radius 1 is 1.45 bits per heavy atom. The van der Waals surface area contributed by atoms with Gasteiger partial charge in [0.2, 0.25) is 5.91 Å². The number of hydrogen-bond acceptors (Lipinski definition) is 4. The molecule has 1 atom stereocenters. The van der Waals surface area contributed by atoms with Crippen molar-refractivity contribution in [1.29, 1.82) is 0 Å². The van der Waals surface area contributed by atoms with E-state index < -0.39 is 5.91 Å². The van der Waals surface area contributed by atoms with E-state index in [4.69, 9.17) is 15.2 Å². The number of ether oxygens (including phenoxy) is 2. The molecule has 0 radical (unpaired) electrons. The highest BCUT2D eigenvalue weighted by atomic mass is 16.5. The first-order valence-corrected chi connectivity index (χ1v) is 7.21. The third kappa shape index (κ3) is 2.88. The monoisotopic (exact) mass is 298 g/mol.